The van der Waals surface area contributed by atoms with Gasteiger partial charge in [0.2, 0.25) is 0 Å². The Morgan fingerprint density at radius 3 is 1.77 bits per heavy atom. The second-order valence-electron chi connectivity index (χ2n) is 9.34. The van der Waals surface area contributed by atoms with Crippen molar-refractivity contribution in [3.05, 3.63) is 11.6 Å². The predicted molar refractivity (Wildman–Crippen MR) is 121 cm³/mol. The smallest absolute Gasteiger partial charge is 0.310 e. The molecule has 0 amide bonds. The van der Waals surface area contributed by atoms with Gasteiger partial charge < -0.3 is 9.47 Å². The largest absolute Gasteiger partial charge is 0.465 e. The molecule has 4 heteroatoms. The van der Waals surface area contributed by atoms with Crippen LogP contribution in [0.25, 0.3) is 0 Å². The van der Waals surface area contributed by atoms with Crippen LogP contribution in [0, 0.1) is 23.7 Å². The minimum atomic E-state index is -0.351. The number of hydrogen-bond acceptors (Lipinski definition) is 4. The van der Waals surface area contributed by atoms with E-state index in [1.54, 1.807) is 0 Å². The van der Waals surface area contributed by atoms with Crippen LogP contribution in [-0.4, -0.2) is 25.2 Å². The average molecular weight is 421 g/mol. The second-order valence-corrected chi connectivity index (χ2v) is 9.34. The van der Waals surface area contributed by atoms with E-state index in [0.29, 0.717) is 13.2 Å². The second kappa shape index (κ2) is 13.9. The topological polar surface area (TPSA) is 52.6 Å². The molecule has 0 aliphatic heterocycles. The van der Waals surface area contributed by atoms with Crippen molar-refractivity contribution in [2.45, 2.75) is 104 Å². The zero-order valence-corrected chi connectivity index (χ0v) is 19.6. The van der Waals surface area contributed by atoms with E-state index in [0.717, 1.165) is 32.1 Å². The van der Waals surface area contributed by atoms with Crippen LogP contribution in [0.5, 0.6) is 0 Å². The van der Waals surface area contributed by atoms with Gasteiger partial charge in [0.05, 0.1) is 25.0 Å². The molecule has 0 radical (unpaired) electrons. The number of carbonyl (C=O) groups is 2. The number of allylic oxidation sites excluding steroid dienone is 2. The molecule has 4 nitrogen and oxygen atoms in total. The maximum Gasteiger partial charge on any atom is 0.310 e. The monoisotopic (exact) mass is 420 g/mol. The molecule has 0 spiro atoms. The molecule has 0 aromatic heterocycles. The summed E-state index contributed by atoms with van der Waals surface area (Å²) in [5.41, 5.74) is 1.24. The molecule has 4 unspecified atom stereocenters. The lowest BCUT2D eigenvalue weighted by Gasteiger charge is -2.27. The summed E-state index contributed by atoms with van der Waals surface area (Å²) < 4.78 is 11.2. The summed E-state index contributed by atoms with van der Waals surface area (Å²) in [5.74, 6) is -0.795. The Bertz CT molecular complexity index is 553. The summed E-state index contributed by atoms with van der Waals surface area (Å²) in [6.07, 6.45) is 17.1. The van der Waals surface area contributed by atoms with Crippen molar-refractivity contribution in [3.8, 4) is 0 Å². The molecular formula is C26H44O4. The standard InChI is InChI=1S/C26H44O4/c1-4-6-8-10-12-14-16-29-25(27)23-21-18-20(3)22(19-21)24(23)26(28)30-17-15-13-11-9-7-5-2/h18,21-24H,4-17,19H2,1-3H3. The van der Waals surface area contributed by atoms with Crippen LogP contribution in [0.15, 0.2) is 11.6 Å². The predicted octanol–water partition coefficient (Wildman–Crippen LogP) is 6.62. The fourth-order valence-electron chi connectivity index (χ4n) is 5.14. The summed E-state index contributed by atoms with van der Waals surface area (Å²) in [4.78, 5) is 25.7. The highest BCUT2D eigenvalue weighted by molar-refractivity contribution is 5.84. The molecule has 0 N–H and O–H groups in total. The summed E-state index contributed by atoms with van der Waals surface area (Å²) in [5, 5.41) is 0. The molecule has 4 atom stereocenters. The van der Waals surface area contributed by atoms with E-state index >= 15 is 0 Å². The van der Waals surface area contributed by atoms with E-state index in [4.69, 9.17) is 9.47 Å². The summed E-state index contributed by atoms with van der Waals surface area (Å²) in [6.45, 7) is 7.45. The van der Waals surface area contributed by atoms with Crippen LogP contribution in [0.1, 0.15) is 104 Å². The van der Waals surface area contributed by atoms with Crippen molar-refractivity contribution in [2.75, 3.05) is 13.2 Å². The molecule has 2 bridgehead atoms. The minimum Gasteiger partial charge on any atom is -0.465 e. The van der Waals surface area contributed by atoms with Crippen LogP contribution < -0.4 is 0 Å². The number of carbonyl (C=O) groups excluding carboxylic acids is 2. The Morgan fingerprint density at radius 2 is 1.23 bits per heavy atom. The zero-order valence-electron chi connectivity index (χ0n) is 19.6. The first-order valence-corrected chi connectivity index (χ1v) is 12.6. The maximum absolute atomic E-state index is 12.9. The van der Waals surface area contributed by atoms with Gasteiger partial charge in [0.15, 0.2) is 0 Å². The van der Waals surface area contributed by atoms with Crippen LogP contribution >= 0.6 is 0 Å². The Hall–Kier alpha value is -1.32. The van der Waals surface area contributed by atoms with Crippen LogP contribution in [0.4, 0.5) is 0 Å². The van der Waals surface area contributed by atoms with E-state index in [1.165, 1.54) is 56.9 Å². The van der Waals surface area contributed by atoms with Crippen molar-refractivity contribution in [2.24, 2.45) is 23.7 Å². The van der Waals surface area contributed by atoms with Crippen molar-refractivity contribution in [3.63, 3.8) is 0 Å². The molecule has 0 aromatic rings. The highest BCUT2D eigenvalue weighted by Crippen LogP contribution is 2.52. The summed E-state index contributed by atoms with van der Waals surface area (Å²) in [6, 6.07) is 0. The van der Waals surface area contributed by atoms with Gasteiger partial charge in [-0.05, 0) is 38.0 Å². The Balaban J connectivity index is 1.75. The zero-order chi connectivity index (χ0) is 21.8. The number of esters is 2. The van der Waals surface area contributed by atoms with Crippen LogP contribution in [-0.2, 0) is 19.1 Å². The van der Waals surface area contributed by atoms with Crippen LogP contribution in [0.2, 0.25) is 0 Å². The van der Waals surface area contributed by atoms with E-state index in [9.17, 15) is 9.59 Å². The first kappa shape index (κ1) is 24.9. The molecule has 1 saturated carbocycles. The number of rotatable bonds is 16. The Morgan fingerprint density at radius 1 is 0.767 bits per heavy atom. The lowest BCUT2D eigenvalue weighted by Crippen LogP contribution is -2.36. The van der Waals surface area contributed by atoms with E-state index < -0.39 is 0 Å². The Kier molecular flexibility index (Phi) is 11.5. The number of unbranched alkanes of at least 4 members (excludes halogenated alkanes) is 10. The molecule has 0 heterocycles. The number of ether oxygens (including phenoxy) is 2. The number of fused-ring (bicyclic) bond motifs is 2. The molecule has 30 heavy (non-hydrogen) atoms. The first-order valence-electron chi connectivity index (χ1n) is 12.6. The van der Waals surface area contributed by atoms with Crippen molar-refractivity contribution < 1.29 is 19.1 Å². The number of hydrogen-bond donors (Lipinski definition) is 0. The summed E-state index contributed by atoms with van der Waals surface area (Å²) >= 11 is 0. The third-order valence-electron chi connectivity index (χ3n) is 6.90. The van der Waals surface area contributed by atoms with Gasteiger partial charge in [-0.1, -0.05) is 89.7 Å². The molecular weight excluding hydrogens is 376 g/mol. The fourth-order valence-corrected chi connectivity index (χ4v) is 5.14. The van der Waals surface area contributed by atoms with Crippen LogP contribution in [0.3, 0.4) is 0 Å². The normalized spacial score (nSPS) is 24.7. The lowest BCUT2D eigenvalue weighted by atomic mass is 9.80. The average Bonchev–Trinajstić information content (AvgIpc) is 3.29. The molecule has 172 valence electrons. The first-order chi connectivity index (χ1) is 14.6. The van der Waals surface area contributed by atoms with Crippen molar-refractivity contribution >= 4 is 11.9 Å². The lowest BCUT2D eigenvalue weighted by molar-refractivity contribution is -0.161. The van der Waals surface area contributed by atoms with Crippen molar-refractivity contribution in [1.82, 2.24) is 0 Å². The van der Waals surface area contributed by atoms with Gasteiger partial charge in [-0.2, -0.15) is 0 Å². The van der Waals surface area contributed by atoms with Gasteiger partial charge in [0.1, 0.15) is 0 Å². The van der Waals surface area contributed by atoms with E-state index in [1.807, 2.05) is 0 Å². The Labute approximate surface area is 184 Å². The highest BCUT2D eigenvalue weighted by Gasteiger charge is 2.54. The minimum absolute atomic E-state index is 0.138. The van der Waals surface area contributed by atoms with Gasteiger partial charge >= 0.3 is 11.9 Å². The quantitative estimate of drug-likeness (QED) is 0.160. The third kappa shape index (κ3) is 7.42. The molecule has 2 rings (SSSR count). The molecule has 0 saturated heterocycles. The molecule has 2 aliphatic rings. The van der Waals surface area contributed by atoms with Gasteiger partial charge in [0.25, 0.3) is 0 Å². The third-order valence-corrected chi connectivity index (χ3v) is 6.90. The van der Waals surface area contributed by atoms with Gasteiger partial charge in [-0.3, -0.25) is 9.59 Å². The van der Waals surface area contributed by atoms with Gasteiger partial charge in [0, 0.05) is 0 Å². The molecule has 1 fully saturated rings. The molecule has 2 aliphatic carbocycles. The van der Waals surface area contributed by atoms with E-state index in [-0.39, 0.29) is 35.6 Å². The van der Waals surface area contributed by atoms with E-state index in [2.05, 4.69) is 26.8 Å². The van der Waals surface area contributed by atoms with Gasteiger partial charge in [-0.15, -0.1) is 0 Å². The van der Waals surface area contributed by atoms with Gasteiger partial charge in [-0.25, -0.2) is 0 Å². The van der Waals surface area contributed by atoms with Crippen molar-refractivity contribution in [1.29, 1.82) is 0 Å². The summed E-state index contributed by atoms with van der Waals surface area (Å²) in [7, 11) is 0. The SMILES string of the molecule is CCCCCCCCOC(=O)C1C2C=C(C)C(C2)C1C(=O)OCCCCCCCC. The fraction of sp³-hybridized carbons (Fsp3) is 0.846. The highest BCUT2D eigenvalue weighted by atomic mass is 16.5. The molecule has 0 aromatic carbocycles. The maximum atomic E-state index is 12.9.